The molecule has 2 amide bonds. The Hall–Kier alpha value is -2.51. The Morgan fingerprint density at radius 1 is 1.19 bits per heavy atom. The van der Waals surface area contributed by atoms with Gasteiger partial charge in [0.2, 0.25) is 11.8 Å². The number of aromatic nitrogens is 1. The van der Waals surface area contributed by atoms with Crippen LogP contribution in [0, 0.1) is 0 Å². The van der Waals surface area contributed by atoms with E-state index in [-0.39, 0.29) is 24.3 Å². The zero-order valence-electron chi connectivity index (χ0n) is 14.6. The quantitative estimate of drug-likeness (QED) is 0.689. The van der Waals surface area contributed by atoms with Gasteiger partial charge in [0.1, 0.15) is 0 Å². The molecule has 4 rings (SSSR count). The molecule has 27 heavy (non-hydrogen) atoms. The van der Waals surface area contributed by atoms with Crippen LogP contribution >= 0.6 is 22.7 Å². The van der Waals surface area contributed by atoms with Crippen molar-refractivity contribution in [3.05, 3.63) is 69.4 Å². The van der Waals surface area contributed by atoms with Gasteiger partial charge in [0.15, 0.2) is 5.13 Å². The topological polar surface area (TPSA) is 62.3 Å². The molecular weight excluding hydrogens is 378 g/mol. The van der Waals surface area contributed by atoms with Crippen molar-refractivity contribution < 1.29 is 9.59 Å². The summed E-state index contributed by atoms with van der Waals surface area (Å²) in [5, 5.41) is 7.70. The van der Waals surface area contributed by atoms with Crippen LogP contribution in [-0.2, 0) is 16.0 Å². The van der Waals surface area contributed by atoms with Crippen LogP contribution in [0.1, 0.15) is 35.0 Å². The molecule has 7 heteroatoms. The lowest BCUT2D eigenvalue weighted by molar-refractivity contribution is -0.121. The van der Waals surface area contributed by atoms with Crippen molar-refractivity contribution in [2.45, 2.75) is 25.3 Å². The Labute approximate surface area is 165 Å². The Kier molecular flexibility index (Phi) is 5.31. The monoisotopic (exact) mass is 397 g/mol. The van der Waals surface area contributed by atoms with E-state index in [1.807, 2.05) is 53.2 Å². The van der Waals surface area contributed by atoms with Crippen molar-refractivity contribution in [3.8, 4) is 0 Å². The first kappa shape index (κ1) is 17.9. The lowest BCUT2D eigenvalue weighted by atomic mass is 10.1. The number of carbonyl (C=O) groups excluding carboxylic acids is 2. The van der Waals surface area contributed by atoms with E-state index in [2.05, 4.69) is 10.3 Å². The molecule has 0 aliphatic carbocycles. The molecule has 0 bridgehead atoms. The molecule has 1 N–H and O–H groups in total. The number of rotatable bonds is 6. The second kappa shape index (κ2) is 8.02. The van der Waals surface area contributed by atoms with Crippen LogP contribution in [-0.4, -0.2) is 23.3 Å². The molecule has 138 valence electrons. The molecule has 1 saturated heterocycles. The maximum Gasteiger partial charge on any atom is 0.228 e. The van der Waals surface area contributed by atoms with Gasteiger partial charge in [-0.2, -0.15) is 0 Å². The number of thiophene rings is 1. The summed E-state index contributed by atoms with van der Waals surface area (Å²) in [5.41, 5.74) is 1.75. The van der Waals surface area contributed by atoms with Gasteiger partial charge in [0, 0.05) is 23.2 Å². The Bertz CT molecular complexity index is 922. The van der Waals surface area contributed by atoms with Crippen LogP contribution in [0.5, 0.6) is 0 Å². The van der Waals surface area contributed by atoms with Crippen molar-refractivity contribution in [3.63, 3.8) is 0 Å². The van der Waals surface area contributed by atoms with Gasteiger partial charge in [0.25, 0.3) is 0 Å². The summed E-state index contributed by atoms with van der Waals surface area (Å²) in [6.07, 6.45) is 1.65. The maximum atomic E-state index is 12.7. The molecule has 1 atom stereocenters. The molecule has 3 heterocycles. The van der Waals surface area contributed by atoms with E-state index < -0.39 is 0 Å². The lowest BCUT2D eigenvalue weighted by Gasteiger charge is -2.18. The summed E-state index contributed by atoms with van der Waals surface area (Å²) >= 11 is 3.04. The molecule has 3 aromatic rings. The maximum absolute atomic E-state index is 12.7. The minimum Gasteiger partial charge on any atom is -0.344 e. The third-order valence-electron chi connectivity index (χ3n) is 4.45. The van der Waals surface area contributed by atoms with E-state index in [0.29, 0.717) is 23.8 Å². The molecule has 0 unspecified atom stereocenters. The number of anilines is 1. The molecule has 1 aliphatic heterocycles. The van der Waals surface area contributed by atoms with E-state index in [4.69, 9.17) is 0 Å². The Morgan fingerprint density at radius 3 is 2.74 bits per heavy atom. The van der Waals surface area contributed by atoms with E-state index in [1.165, 1.54) is 11.3 Å². The first-order valence-electron chi connectivity index (χ1n) is 8.83. The summed E-state index contributed by atoms with van der Waals surface area (Å²) < 4.78 is 0. The fourth-order valence-electron chi connectivity index (χ4n) is 3.15. The zero-order chi connectivity index (χ0) is 18.6. The second-order valence-electron chi connectivity index (χ2n) is 6.37. The standard InChI is InChI=1S/C20H19N3O2S2/c24-17(12-15-13-27-20(21-15)23-10-4-9-18(23)25)22-19(16-8-5-11-26-16)14-6-2-1-3-7-14/h1-3,5-8,11,13,19H,4,9-10,12H2,(H,22,24)/t19-/m0/s1. The van der Waals surface area contributed by atoms with Gasteiger partial charge in [-0.25, -0.2) is 4.98 Å². The molecule has 0 radical (unpaired) electrons. The number of nitrogens with zero attached hydrogens (tertiary/aromatic N) is 2. The van der Waals surface area contributed by atoms with Crippen molar-refractivity contribution in [1.29, 1.82) is 0 Å². The second-order valence-corrected chi connectivity index (χ2v) is 8.19. The number of hydrogen-bond donors (Lipinski definition) is 1. The Morgan fingerprint density at radius 2 is 2.04 bits per heavy atom. The molecular formula is C20H19N3O2S2. The summed E-state index contributed by atoms with van der Waals surface area (Å²) in [5.74, 6) is 0.0315. The van der Waals surface area contributed by atoms with Crippen molar-refractivity contribution in [2.75, 3.05) is 11.4 Å². The SMILES string of the molecule is O=C(Cc1csc(N2CCCC2=O)n1)N[C@@H](c1ccccc1)c1cccs1. The van der Waals surface area contributed by atoms with Crippen LogP contribution in [0.2, 0.25) is 0 Å². The first-order chi connectivity index (χ1) is 13.2. The number of thiazole rings is 1. The van der Waals surface area contributed by atoms with Gasteiger partial charge in [-0.05, 0) is 23.4 Å². The molecule has 0 saturated carbocycles. The Balaban J connectivity index is 1.46. The first-order valence-corrected chi connectivity index (χ1v) is 10.6. The molecule has 1 aromatic carbocycles. The fourth-order valence-corrected chi connectivity index (χ4v) is 4.82. The van der Waals surface area contributed by atoms with Gasteiger partial charge >= 0.3 is 0 Å². The molecule has 1 aliphatic rings. The normalized spacial score (nSPS) is 15.1. The van der Waals surface area contributed by atoms with E-state index in [1.54, 1.807) is 16.2 Å². The van der Waals surface area contributed by atoms with Crippen LogP contribution in [0.4, 0.5) is 5.13 Å². The summed E-state index contributed by atoms with van der Waals surface area (Å²) in [7, 11) is 0. The van der Waals surface area contributed by atoms with Gasteiger partial charge < -0.3 is 5.32 Å². The van der Waals surface area contributed by atoms with E-state index in [0.717, 1.165) is 16.9 Å². The largest absolute Gasteiger partial charge is 0.344 e. The fraction of sp³-hybridized carbons (Fsp3) is 0.250. The molecule has 1 fully saturated rings. The predicted octanol–water partition coefficient (Wildman–Crippen LogP) is 3.78. The lowest BCUT2D eigenvalue weighted by Crippen LogP contribution is -2.30. The van der Waals surface area contributed by atoms with Gasteiger partial charge in [-0.15, -0.1) is 22.7 Å². The number of carbonyl (C=O) groups is 2. The summed E-state index contributed by atoms with van der Waals surface area (Å²) in [6, 6.07) is 13.8. The third-order valence-corrected chi connectivity index (χ3v) is 6.30. The van der Waals surface area contributed by atoms with Gasteiger partial charge in [0.05, 0.1) is 18.2 Å². The number of hydrogen-bond acceptors (Lipinski definition) is 5. The highest BCUT2D eigenvalue weighted by atomic mass is 32.1. The van der Waals surface area contributed by atoms with Crippen LogP contribution in [0.15, 0.2) is 53.2 Å². The minimum absolute atomic E-state index is 0.0816. The molecule has 5 nitrogen and oxygen atoms in total. The minimum atomic E-state index is -0.169. The van der Waals surface area contributed by atoms with Crippen molar-refractivity contribution >= 4 is 39.6 Å². The highest BCUT2D eigenvalue weighted by Gasteiger charge is 2.25. The predicted molar refractivity (Wildman–Crippen MR) is 108 cm³/mol. The molecule has 0 spiro atoms. The highest BCUT2D eigenvalue weighted by Crippen LogP contribution is 2.27. The summed E-state index contributed by atoms with van der Waals surface area (Å²) in [6.45, 7) is 0.715. The average molecular weight is 398 g/mol. The third kappa shape index (κ3) is 4.09. The van der Waals surface area contributed by atoms with Gasteiger partial charge in [-0.3, -0.25) is 14.5 Å². The highest BCUT2D eigenvalue weighted by molar-refractivity contribution is 7.14. The number of nitrogens with one attached hydrogen (secondary N) is 1. The van der Waals surface area contributed by atoms with Crippen molar-refractivity contribution in [2.24, 2.45) is 0 Å². The van der Waals surface area contributed by atoms with Crippen LogP contribution < -0.4 is 10.2 Å². The smallest absolute Gasteiger partial charge is 0.228 e. The summed E-state index contributed by atoms with van der Waals surface area (Å²) in [4.78, 5) is 31.8. The van der Waals surface area contributed by atoms with Crippen molar-refractivity contribution in [1.82, 2.24) is 10.3 Å². The van der Waals surface area contributed by atoms with Crippen LogP contribution in [0.3, 0.4) is 0 Å². The number of amides is 2. The zero-order valence-corrected chi connectivity index (χ0v) is 16.3. The van der Waals surface area contributed by atoms with Crippen LogP contribution in [0.25, 0.3) is 0 Å². The average Bonchev–Trinajstić information content (AvgIpc) is 3.42. The van der Waals surface area contributed by atoms with E-state index in [9.17, 15) is 9.59 Å². The number of benzene rings is 1. The van der Waals surface area contributed by atoms with Gasteiger partial charge in [-0.1, -0.05) is 36.4 Å². The molecule has 2 aromatic heterocycles. The van der Waals surface area contributed by atoms with E-state index >= 15 is 0 Å².